The maximum absolute atomic E-state index is 11.7. The average molecular weight is 433 g/mol. The maximum Gasteiger partial charge on any atom is 0.245 e. The monoisotopic (exact) mass is 432 g/mol. The quantitative estimate of drug-likeness (QED) is 0.241. The Hall–Kier alpha value is -1.22. The third kappa shape index (κ3) is 23.1. The zero-order valence-electron chi connectivity index (χ0n) is 19.2. The summed E-state index contributed by atoms with van der Waals surface area (Å²) in [5.41, 5.74) is 0. The first kappa shape index (κ1) is 28.8. The summed E-state index contributed by atoms with van der Waals surface area (Å²) in [6, 6.07) is 0. The number of carbonyl (C=O) groups is 2. The molecule has 0 aromatic carbocycles. The standard InChI is InChI=1S/C22H44N2O6/c1-3-21(25)23-12-10-8-6-4-5-7-9-11-13-24-22(26)20-30-19-18-29-17-16-28-15-14-27-2/h3-20H2,1-2H3,(H,23,25)(H,24,26). The fourth-order valence-corrected chi connectivity index (χ4v) is 2.69. The molecule has 0 heterocycles. The molecule has 0 aromatic rings. The number of unbranched alkanes of at least 4 members (excludes halogenated alkanes) is 7. The first-order valence-electron chi connectivity index (χ1n) is 11.5. The molecule has 0 aliphatic carbocycles. The minimum Gasteiger partial charge on any atom is -0.382 e. The summed E-state index contributed by atoms with van der Waals surface area (Å²) >= 11 is 0. The first-order chi connectivity index (χ1) is 14.7. The van der Waals surface area contributed by atoms with Crippen LogP contribution in [0.25, 0.3) is 0 Å². The third-order valence-electron chi connectivity index (χ3n) is 4.48. The minimum absolute atomic E-state index is 0.0758. The van der Waals surface area contributed by atoms with Crippen molar-refractivity contribution in [3.8, 4) is 0 Å². The zero-order valence-corrected chi connectivity index (χ0v) is 19.2. The molecule has 0 saturated carbocycles. The van der Waals surface area contributed by atoms with Crippen molar-refractivity contribution >= 4 is 11.8 Å². The number of methoxy groups -OCH3 is 1. The van der Waals surface area contributed by atoms with Gasteiger partial charge < -0.3 is 29.6 Å². The van der Waals surface area contributed by atoms with Crippen molar-refractivity contribution in [1.29, 1.82) is 0 Å². The Morgan fingerprint density at radius 1 is 0.600 bits per heavy atom. The van der Waals surface area contributed by atoms with E-state index >= 15 is 0 Å². The van der Waals surface area contributed by atoms with Crippen molar-refractivity contribution in [3.05, 3.63) is 0 Å². The smallest absolute Gasteiger partial charge is 0.245 e. The fraction of sp³-hybridized carbons (Fsp3) is 0.909. The van der Waals surface area contributed by atoms with Crippen LogP contribution in [0.15, 0.2) is 0 Å². The Kier molecular flexibility index (Phi) is 23.1. The number of rotatable bonds is 23. The number of hydrogen-bond acceptors (Lipinski definition) is 6. The van der Waals surface area contributed by atoms with Gasteiger partial charge in [0.25, 0.3) is 0 Å². The lowest BCUT2D eigenvalue weighted by Gasteiger charge is -2.08. The van der Waals surface area contributed by atoms with Gasteiger partial charge in [0, 0.05) is 26.6 Å². The Labute approximate surface area is 182 Å². The highest BCUT2D eigenvalue weighted by atomic mass is 16.6. The molecule has 178 valence electrons. The van der Waals surface area contributed by atoms with Gasteiger partial charge in [-0.3, -0.25) is 9.59 Å². The second kappa shape index (κ2) is 24.1. The van der Waals surface area contributed by atoms with Crippen LogP contribution in [0.5, 0.6) is 0 Å². The van der Waals surface area contributed by atoms with Crippen LogP contribution in [-0.2, 0) is 28.5 Å². The molecule has 0 rings (SSSR count). The van der Waals surface area contributed by atoms with E-state index in [2.05, 4.69) is 10.6 Å². The first-order valence-corrected chi connectivity index (χ1v) is 11.5. The second-order valence-corrected chi connectivity index (χ2v) is 7.15. The number of hydrogen-bond donors (Lipinski definition) is 2. The highest BCUT2D eigenvalue weighted by Crippen LogP contribution is 2.08. The van der Waals surface area contributed by atoms with Gasteiger partial charge in [-0.2, -0.15) is 0 Å². The molecule has 0 aromatic heterocycles. The molecule has 30 heavy (non-hydrogen) atoms. The Morgan fingerprint density at radius 3 is 1.53 bits per heavy atom. The zero-order chi connectivity index (χ0) is 22.1. The van der Waals surface area contributed by atoms with Gasteiger partial charge in [-0.15, -0.1) is 0 Å². The van der Waals surface area contributed by atoms with Gasteiger partial charge >= 0.3 is 0 Å². The van der Waals surface area contributed by atoms with Crippen LogP contribution in [0, 0.1) is 0 Å². The molecule has 0 aliphatic heterocycles. The van der Waals surface area contributed by atoms with Crippen molar-refractivity contribution in [2.75, 3.05) is 66.4 Å². The molecule has 0 aliphatic rings. The summed E-state index contributed by atoms with van der Waals surface area (Å²) in [4.78, 5) is 22.8. The molecule has 0 atom stereocenters. The summed E-state index contributed by atoms with van der Waals surface area (Å²) in [5.74, 6) is 0.0614. The molecule has 2 amide bonds. The highest BCUT2D eigenvalue weighted by molar-refractivity contribution is 5.77. The molecule has 0 spiro atoms. The van der Waals surface area contributed by atoms with E-state index in [4.69, 9.17) is 18.9 Å². The van der Waals surface area contributed by atoms with Gasteiger partial charge in [0.1, 0.15) is 6.61 Å². The van der Waals surface area contributed by atoms with E-state index in [1.165, 1.54) is 32.1 Å². The Bertz CT molecular complexity index is 396. The van der Waals surface area contributed by atoms with E-state index in [9.17, 15) is 9.59 Å². The van der Waals surface area contributed by atoms with Gasteiger partial charge in [-0.1, -0.05) is 45.4 Å². The van der Waals surface area contributed by atoms with Crippen LogP contribution in [0.4, 0.5) is 0 Å². The summed E-state index contributed by atoms with van der Waals surface area (Å²) in [7, 11) is 1.64. The topological polar surface area (TPSA) is 95.1 Å². The highest BCUT2D eigenvalue weighted by Gasteiger charge is 2.01. The molecule has 0 saturated heterocycles. The lowest BCUT2D eigenvalue weighted by Crippen LogP contribution is -2.29. The van der Waals surface area contributed by atoms with Gasteiger partial charge in [0.2, 0.25) is 11.8 Å². The van der Waals surface area contributed by atoms with E-state index in [0.717, 1.165) is 25.8 Å². The Morgan fingerprint density at radius 2 is 1.03 bits per heavy atom. The van der Waals surface area contributed by atoms with Crippen LogP contribution in [0.3, 0.4) is 0 Å². The Balaban J connectivity index is 3.17. The van der Waals surface area contributed by atoms with Crippen molar-refractivity contribution in [2.45, 2.75) is 64.7 Å². The average Bonchev–Trinajstić information content (AvgIpc) is 2.75. The molecule has 0 radical (unpaired) electrons. The number of amides is 2. The summed E-state index contributed by atoms with van der Waals surface area (Å²) in [5, 5.41) is 5.78. The number of ether oxygens (including phenoxy) is 4. The van der Waals surface area contributed by atoms with Crippen molar-refractivity contribution in [3.63, 3.8) is 0 Å². The SMILES string of the molecule is CCC(=O)NCCCCCCCCCCNC(=O)COCCOCCOCCOC. The molecule has 0 fully saturated rings. The molecule has 0 bridgehead atoms. The fourth-order valence-electron chi connectivity index (χ4n) is 2.69. The van der Waals surface area contributed by atoms with E-state index in [-0.39, 0.29) is 18.4 Å². The normalized spacial score (nSPS) is 10.9. The van der Waals surface area contributed by atoms with Gasteiger partial charge in [-0.25, -0.2) is 0 Å². The van der Waals surface area contributed by atoms with Gasteiger partial charge in [-0.05, 0) is 12.8 Å². The minimum atomic E-state index is -0.0759. The molecular formula is C22H44N2O6. The van der Waals surface area contributed by atoms with Crippen LogP contribution < -0.4 is 10.6 Å². The van der Waals surface area contributed by atoms with E-state index in [1.54, 1.807) is 7.11 Å². The molecule has 8 nitrogen and oxygen atoms in total. The van der Waals surface area contributed by atoms with Crippen LogP contribution >= 0.6 is 0 Å². The predicted molar refractivity (Wildman–Crippen MR) is 118 cm³/mol. The predicted octanol–water partition coefficient (Wildman–Crippen LogP) is 2.45. The van der Waals surface area contributed by atoms with Crippen LogP contribution in [0.1, 0.15) is 64.7 Å². The van der Waals surface area contributed by atoms with E-state index in [0.29, 0.717) is 52.6 Å². The largest absolute Gasteiger partial charge is 0.382 e. The lowest BCUT2D eigenvalue weighted by molar-refractivity contribution is -0.126. The summed E-state index contributed by atoms with van der Waals surface area (Å²) in [6.07, 6.45) is 9.83. The van der Waals surface area contributed by atoms with E-state index in [1.807, 2.05) is 6.92 Å². The van der Waals surface area contributed by atoms with Gasteiger partial charge in [0.15, 0.2) is 0 Å². The lowest BCUT2D eigenvalue weighted by atomic mass is 10.1. The van der Waals surface area contributed by atoms with Crippen molar-refractivity contribution in [1.82, 2.24) is 10.6 Å². The van der Waals surface area contributed by atoms with Gasteiger partial charge in [0.05, 0.1) is 39.6 Å². The van der Waals surface area contributed by atoms with E-state index < -0.39 is 0 Å². The maximum atomic E-state index is 11.7. The van der Waals surface area contributed by atoms with Crippen LogP contribution in [0.2, 0.25) is 0 Å². The van der Waals surface area contributed by atoms with Crippen molar-refractivity contribution < 1.29 is 28.5 Å². The molecule has 0 unspecified atom stereocenters. The summed E-state index contributed by atoms with van der Waals surface area (Å²) in [6.45, 7) is 6.49. The number of carbonyl (C=O) groups excluding carboxylic acids is 2. The molecule has 8 heteroatoms. The molecule has 2 N–H and O–H groups in total. The molecular weight excluding hydrogens is 388 g/mol. The van der Waals surface area contributed by atoms with Crippen LogP contribution in [-0.4, -0.2) is 78.3 Å². The van der Waals surface area contributed by atoms with Crippen molar-refractivity contribution in [2.24, 2.45) is 0 Å². The summed E-state index contributed by atoms with van der Waals surface area (Å²) < 4.78 is 20.8. The number of nitrogens with one attached hydrogen (secondary N) is 2. The third-order valence-corrected chi connectivity index (χ3v) is 4.48. The second-order valence-electron chi connectivity index (χ2n) is 7.15.